The van der Waals surface area contributed by atoms with E-state index in [2.05, 4.69) is 10.3 Å². The molecular weight excluding hydrogens is 216 g/mol. The first-order valence-corrected chi connectivity index (χ1v) is 5.05. The van der Waals surface area contributed by atoms with Gasteiger partial charge in [0.25, 0.3) is 5.91 Å². The van der Waals surface area contributed by atoms with E-state index < -0.39 is 6.10 Å². The predicted molar refractivity (Wildman–Crippen MR) is 57.9 cm³/mol. The standard InChI is InChI=1S/C10H13ClN2O2/c1-7(14)2-5-13-10(15)8-3-4-12-6-9(8)11/h3-4,6-7,14H,2,5H2,1H3,(H,13,15). The Balaban J connectivity index is 2.51. The van der Waals surface area contributed by atoms with Crippen LogP contribution >= 0.6 is 11.6 Å². The Kier molecular flexibility index (Phi) is 4.52. The summed E-state index contributed by atoms with van der Waals surface area (Å²) in [5.74, 6) is -0.247. The molecule has 82 valence electrons. The fraction of sp³-hybridized carbons (Fsp3) is 0.400. The monoisotopic (exact) mass is 228 g/mol. The van der Waals surface area contributed by atoms with E-state index in [4.69, 9.17) is 16.7 Å². The number of hydrogen-bond acceptors (Lipinski definition) is 3. The molecule has 1 heterocycles. The van der Waals surface area contributed by atoms with Gasteiger partial charge in [0.1, 0.15) is 0 Å². The van der Waals surface area contributed by atoms with Crippen LogP contribution in [0.2, 0.25) is 5.02 Å². The molecule has 0 saturated heterocycles. The molecule has 0 fully saturated rings. The molecule has 2 N–H and O–H groups in total. The van der Waals surface area contributed by atoms with Crippen LogP contribution in [0.1, 0.15) is 23.7 Å². The van der Waals surface area contributed by atoms with Gasteiger partial charge in [-0.05, 0) is 19.4 Å². The van der Waals surface area contributed by atoms with E-state index in [1.807, 2.05) is 0 Å². The summed E-state index contributed by atoms with van der Waals surface area (Å²) in [6.45, 7) is 2.10. The van der Waals surface area contributed by atoms with Gasteiger partial charge in [-0.25, -0.2) is 0 Å². The summed E-state index contributed by atoms with van der Waals surface area (Å²) in [5, 5.41) is 12.0. The highest BCUT2D eigenvalue weighted by Gasteiger charge is 2.09. The summed E-state index contributed by atoms with van der Waals surface area (Å²) in [4.78, 5) is 15.3. The maximum atomic E-state index is 11.5. The van der Waals surface area contributed by atoms with Gasteiger partial charge >= 0.3 is 0 Å². The summed E-state index contributed by atoms with van der Waals surface area (Å²) >= 11 is 5.79. The van der Waals surface area contributed by atoms with Crippen molar-refractivity contribution in [3.05, 3.63) is 29.0 Å². The molecule has 0 aliphatic carbocycles. The van der Waals surface area contributed by atoms with Crippen molar-refractivity contribution in [2.24, 2.45) is 0 Å². The van der Waals surface area contributed by atoms with Gasteiger partial charge in [0, 0.05) is 18.9 Å². The molecule has 0 bridgehead atoms. The van der Waals surface area contributed by atoms with Gasteiger partial charge in [0.15, 0.2) is 0 Å². The lowest BCUT2D eigenvalue weighted by molar-refractivity contribution is 0.0945. The fourth-order valence-electron chi connectivity index (χ4n) is 1.05. The molecule has 1 amide bonds. The second-order valence-corrected chi connectivity index (χ2v) is 3.66. The highest BCUT2D eigenvalue weighted by atomic mass is 35.5. The van der Waals surface area contributed by atoms with Crippen LogP contribution in [-0.2, 0) is 0 Å². The first kappa shape index (κ1) is 11.9. The zero-order valence-corrected chi connectivity index (χ0v) is 9.16. The molecule has 0 aliphatic heterocycles. The summed E-state index contributed by atoms with van der Waals surface area (Å²) in [6, 6.07) is 1.56. The van der Waals surface area contributed by atoms with Crippen LogP contribution in [0.4, 0.5) is 0 Å². The lowest BCUT2D eigenvalue weighted by Gasteiger charge is -2.07. The van der Waals surface area contributed by atoms with Crippen molar-refractivity contribution in [1.82, 2.24) is 10.3 Å². The van der Waals surface area contributed by atoms with E-state index in [9.17, 15) is 4.79 Å². The minimum absolute atomic E-state index is 0.247. The molecule has 0 spiro atoms. The van der Waals surface area contributed by atoms with E-state index in [1.54, 1.807) is 13.0 Å². The van der Waals surface area contributed by atoms with Gasteiger partial charge in [-0.3, -0.25) is 9.78 Å². The number of aliphatic hydroxyl groups excluding tert-OH is 1. The SMILES string of the molecule is CC(O)CCNC(=O)c1ccncc1Cl. The molecule has 1 aromatic heterocycles. The zero-order valence-electron chi connectivity index (χ0n) is 8.40. The number of carbonyl (C=O) groups is 1. The Morgan fingerprint density at radius 2 is 2.47 bits per heavy atom. The van der Waals surface area contributed by atoms with Crippen molar-refractivity contribution in [1.29, 1.82) is 0 Å². The number of halogens is 1. The van der Waals surface area contributed by atoms with Crippen molar-refractivity contribution in [3.63, 3.8) is 0 Å². The number of aliphatic hydroxyl groups is 1. The van der Waals surface area contributed by atoms with Crippen LogP contribution in [0.3, 0.4) is 0 Å². The Morgan fingerprint density at radius 3 is 3.07 bits per heavy atom. The third-order valence-corrected chi connectivity index (χ3v) is 2.17. The van der Waals surface area contributed by atoms with Crippen molar-refractivity contribution in [3.8, 4) is 0 Å². The quantitative estimate of drug-likeness (QED) is 0.815. The van der Waals surface area contributed by atoms with Crippen LogP contribution < -0.4 is 5.32 Å². The number of rotatable bonds is 4. The average Bonchev–Trinajstić information content (AvgIpc) is 2.17. The molecule has 1 rings (SSSR count). The molecule has 15 heavy (non-hydrogen) atoms. The Hall–Kier alpha value is -1.13. The summed E-state index contributed by atoms with van der Waals surface area (Å²) in [5.41, 5.74) is 0.400. The van der Waals surface area contributed by atoms with Gasteiger partial charge in [-0.2, -0.15) is 0 Å². The minimum atomic E-state index is -0.418. The first-order chi connectivity index (χ1) is 7.11. The van der Waals surface area contributed by atoms with Gasteiger partial charge in [0.2, 0.25) is 0 Å². The first-order valence-electron chi connectivity index (χ1n) is 4.67. The van der Waals surface area contributed by atoms with Gasteiger partial charge in [-0.15, -0.1) is 0 Å². The number of nitrogens with zero attached hydrogens (tertiary/aromatic N) is 1. The van der Waals surface area contributed by atoms with E-state index in [1.165, 1.54) is 12.4 Å². The van der Waals surface area contributed by atoms with E-state index in [0.29, 0.717) is 23.6 Å². The second kappa shape index (κ2) is 5.68. The van der Waals surface area contributed by atoms with Gasteiger partial charge in [0.05, 0.1) is 16.7 Å². The highest BCUT2D eigenvalue weighted by molar-refractivity contribution is 6.33. The molecule has 0 aromatic carbocycles. The number of hydrogen-bond donors (Lipinski definition) is 2. The van der Waals surface area contributed by atoms with E-state index >= 15 is 0 Å². The van der Waals surface area contributed by atoms with Crippen molar-refractivity contribution in [2.75, 3.05) is 6.54 Å². The van der Waals surface area contributed by atoms with Crippen molar-refractivity contribution < 1.29 is 9.90 Å². The summed E-state index contributed by atoms with van der Waals surface area (Å²) < 4.78 is 0. The number of pyridine rings is 1. The third-order valence-electron chi connectivity index (χ3n) is 1.86. The lowest BCUT2D eigenvalue weighted by Crippen LogP contribution is -2.26. The molecule has 1 unspecified atom stereocenters. The van der Waals surface area contributed by atoms with E-state index in [0.717, 1.165) is 0 Å². The van der Waals surface area contributed by atoms with Crippen LogP contribution in [0, 0.1) is 0 Å². The average molecular weight is 229 g/mol. The lowest BCUT2D eigenvalue weighted by atomic mass is 10.2. The molecular formula is C10H13ClN2O2. The molecule has 1 aromatic rings. The Labute approximate surface area is 93.3 Å². The number of aromatic nitrogens is 1. The van der Waals surface area contributed by atoms with E-state index in [-0.39, 0.29) is 5.91 Å². The number of nitrogens with one attached hydrogen (secondary N) is 1. The van der Waals surface area contributed by atoms with Crippen LogP contribution in [0.5, 0.6) is 0 Å². The Bertz CT molecular complexity index is 342. The van der Waals surface area contributed by atoms with Gasteiger partial charge in [-0.1, -0.05) is 11.6 Å². The smallest absolute Gasteiger partial charge is 0.252 e. The largest absolute Gasteiger partial charge is 0.393 e. The Morgan fingerprint density at radius 1 is 1.73 bits per heavy atom. The molecule has 4 nitrogen and oxygen atoms in total. The van der Waals surface area contributed by atoms with Crippen molar-refractivity contribution in [2.45, 2.75) is 19.4 Å². The van der Waals surface area contributed by atoms with Crippen LogP contribution in [0.25, 0.3) is 0 Å². The zero-order chi connectivity index (χ0) is 11.3. The second-order valence-electron chi connectivity index (χ2n) is 3.25. The predicted octanol–water partition coefficient (Wildman–Crippen LogP) is 1.24. The molecule has 0 saturated carbocycles. The van der Waals surface area contributed by atoms with Crippen molar-refractivity contribution >= 4 is 17.5 Å². The normalized spacial score (nSPS) is 12.2. The maximum Gasteiger partial charge on any atom is 0.252 e. The fourth-order valence-corrected chi connectivity index (χ4v) is 1.25. The molecule has 5 heteroatoms. The third kappa shape index (κ3) is 3.85. The van der Waals surface area contributed by atoms with Crippen LogP contribution in [-0.4, -0.2) is 28.6 Å². The minimum Gasteiger partial charge on any atom is -0.393 e. The molecule has 0 aliphatic rings. The molecule has 1 atom stereocenters. The maximum absolute atomic E-state index is 11.5. The summed E-state index contributed by atoms with van der Waals surface area (Å²) in [6.07, 6.45) is 3.04. The topological polar surface area (TPSA) is 62.2 Å². The summed E-state index contributed by atoms with van der Waals surface area (Å²) in [7, 11) is 0. The highest BCUT2D eigenvalue weighted by Crippen LogP contribution is 2.12. The number of carbonyl (C=O) groups excluding carboxylic acids is 1. The van der Waals surface area contributed by atoms with Gasteiger partial charge < -0.3 is 10.4 Å². The molecule has 0 radical (unpaired) electrons. The van der Waals surface area contributed by atoms with Crippen LogP contribution in [0.15, 0.2) is 18.5 Å². The number of amides is 1.